The Hall–Kier alpha value is -3.00. The maximum Gasteiger partial charge on any atom is 0.203 e. The van der Waals surface area contributed by atoms with Gasteiger partial charge in [0, 0.05) is 11.6 Å². The molecule has 0 aliphatic carbocycles. The fraction of sp³-hybridized carbons (Fsp3) is 0.222. The molecule has 1 N–H and O–H groups in total. The molecule has 0 amide bonds. The van der Waals surface area contributed by atoms with Gasteiger partial charge in [0.2, 0.25) is 5.75 Å². The van der Waals surface area contributed by atoms with Crippen molar-refractivity contribution in [2.24, 2.45) is 0 Å². The van der Waals surface area contributed by atoms with E-state index in [0.29, 0.717) is 27.8 Å². The maximum atomic E-state index is 5.43. The van der Waals surface area contributed by atoms with Crippen molar-refractivity contribution in [3.63, 3.8) is 0 Å². The maximum absolute atomic E-state index is 5.43. The van der Waals surface area contributed by atoms with Crippen LogP contribution in [0.4, 0.5) is 0 Å². The smallest absolute Gasteiger partial charge is 0.203 e. The zero-order valence-electron chi connectivity index (χ0n) is 14.9. The third kappa shape index (κ3) is 3.11. The second-order valence-electron chi connectivity index (χ2n) is 5.30. The number of aromatic nitrogens is 3. The van der Waals surface area contributed by atoms with Crippen molar-refractivity contribution in [1.82, 2.24) is 14.8 Å². The van der Waals surface area contributed by atoms with Crippen molar-refractivity contribution in [1.29, 1.82) is 0 Å². The molecular weight excluding hydrogens is 354 g/mol. The zero-order chi connectivity index (χ0) is 18.7. The van der Waals surface area contributed by atoms with Crippen LogP contribution < -0.4 is 18.9 Å². The molecule has 0 unspecified atom stereocenters. The first kappa shape index (κ1) is 17.8. The first-order chi connectivity index (χ1) is 12.6. The van der Waals surface area contributed by atoms with Crippen molar-refractivity contribution in [2.45, 2.75) is 0 Å². The lowest BCUT2D eigenvalue weighted by Gasteiger charge is -2.14. The van der Waals surface area contributed by atoms with Gasteiger partial charge in [0.1, 0.15) is 5.75 Å². The molecule has 0 saturated heterocycles. The summed E-state index contributed by atoms with van der Waals surface area (Å²) in [5.74, 6) is 2.92. The molecular formula is C18H19N3O4S. The number of nitrogens with zero attached hydrogens (tertiary/aromatic N) is 2. The average Bonchev–Trinajstić information content (AvgIpc) is 3.08. The summed E-state index contributed by atoms with van der Waals surface area (Å²) in [7, 11) is 6.32. The Bertz CT molecular complexity index is 956. The van der Waals surface area contributed by atoms with Gasteiger partial charge in [0.15, 0.2) is 22.1 Å². The van der Waals surface area contributed by atoms with Gasteiger partial charge in [0.25, 0.3) is 0 Å². The molecule has 0 aliphatic heterocycles. The Balaban J connectivity index is 2.22. The van der Waals surface area contributed by atoms with E-state index in [1.807, 2.05) is 41.0 Å². The molecule has 26 heavy (non-hydrogen) atoms. The van der Waals surface area contributed by atoms with Crippen molar-refractivity contribution < 1.29 is 18.9 Å². The van der Waals surface area contributed by atoms with Crippen LogP contribution in [0.15, 0.2) is 36.4 Å². The second kappa shape index (κ2) is 7.49. The lowest BCUT2D eigenvalue weighted by atomic mass is 10.1. The summed E-state index contributed by atoms with van der Waals surface area (Å²) < 4.78 is 23.8. The normalized spacial score (nSPS) is 10.5. The van der Waals surface area contributed by atoms with Crippen LogP contribution in [0.5, 0.6) is 23.0 Å². The van der Waals surface area contributed by atoms with Gasteiger partial charge < -0.3 is 18.9 Å². The monoisotopic (exact) mass is 373 g/mol. The number of benzene rings is 2. The van der Waals surface area contributed by atoms with Crippen LogP contribution in [0, 0.1) is 4.77 Å². The van der Waals surface area contributed by atoms with Gasteiger partial charge >= 0.3 is 0 Å². The Morgan fingerprint density at radius 3 is 2.19 bits per heavy atom. The molecule has 0 atom stereocenters. The highest BCUT2D eigenvalue weighted by molar-refractivity contribution is 7.71. The van der Waals surface area contributed by atoms with E-state index >= 15 is 0 Å². The first-order valence-electron chi connectivity index (χ1n) is 7.75. The van der Waals surface area contributed by atoms with Gasteiger partial charge in [-0.1, -0.05) is 6.07 Å². The number of H-pyrrole nitrogens is 1. The molecule has 0 spiro atoms. The highest BCUT2D eigenvalue weighted by Gasteiger charge is 2.18. The van der Waals surface area contributed by atoms with E-state index in [0.717, 1.165) is 17.0 Å². The molecule has 7 nitrogen and oxygen atoms in total. The SMILES string of the molecule is COc1cccc(-n2c(-c3cc(OC)c(OC)c(OC)c3)n[nH]c2=S)c1. The predicted octanol–water partition coefficient (Wildman–Crippen LogP) is 3.63. The summed E-state index contributed by atoms with van der Waals surface area (Å²) in [6, 6.07) is 11.2. The van der Waals surface area contributed by atoms with Crippen LogP contribution in [0.3, 0.4) is 0 Å². The molecule has 0 bridgehead atoms. The number of methoxy groups -OCH3 is 4. The molecule has 2 aromatic carbocycles. The molecule has 8 heteroatoms. The fourth-order valence-corrected chi connectivity index (χ4v) is 2.93. The summed E-state index contributed by atoms with van der Waals surface area (Å²) in [4.78, 5) is 0. The summed E-state index contributed by atoms with van der Waals surface area (Å²) in [6.07, 6.45) is 0. The van der Waals surface area contributed by atoms with Crippen LogP contribution in [0.25, 0.3) is 17.1 Å². The number of nitrogens with one attached hydrogen (secondary N) is 1. The number of rotatable bonds is 6. The van der Waals surface area contributed by atoms with E-state index in [1.54, 1.807) is 28.4 Å². The van der Waals surface area contributed by atoms with Gasteiger partial charge in [0.05, 0.1) is 34.1 Å². The Morgan fingerprint density at radius 2 is 1.62 bits per heavy atom. The summed E-state index contributed by atoms with van der Waals surface area (Å²) in [5, 5.41) is 7.21. The fourth-order valence-electron chi connectivity index (χ4n) is 2.69. The van der Waals surface area contributed by atoms with Crippen LogP contribution in [-0.2, 0) is 0 Å². The number of ether oxygens (including phenoxy) is 4. The van der Waals surface area contributed by atoms with Crippen LogP contribution in [-0.4, -0.2) is 43.2 Å². The minimum Gasteiger partial charge on any atom is -0.497 e. The third-order valence-corrected chi connectivity index (χ3v) is 4.18. The lowest BCUT2D eigenvalue weighted by Crippen LogP contribution is -2.00. The molecule has 0 fully saturated rings. The van der Waals surface area contributed by atoms with Crippen molar-refractivity contribution >= 4 is 12.2 Å². The van der Waals surface area contributed by atoms with Gasteiger partial charge in [-0.15, -0.1) is 0 Å². The van der Waals surface area contributed by atoms with E-state index in [4.69, 9.17) is 31.2 Å². The zero-order valence-corrected chi connectivity index (χ0v) is 15.7. The van der Waals surface area contributed by atoms with Gasteiger partial charge in [-0.05, 0) is 36.5 Å². The van der Waals surface area contributed by atoms with E-state index in [2.05, 4.69) is 10.2 Å². The summed E-state index contributed by atoms with van der Waals surface area (Å²) >= 11 is 5.42. The molecule has 1 aromatic heterocycles. The summed E-state index contributed by atoms with van der Waals surface area (Å²) in [5.41, 5.74) is 1.58. The van der Waals surface area contributed by atoms with E-state index < -0.39 is 0 Å². The Kier molecular flexibility index (Phi) is 5.13. The minimum absolute atomic E-state index is 0.460. The molecule has 0 saturated carbocycles. The standard InChI is InChI=1S/C18H19N3O4S/c1-22-13-7-5-6-12(10-13)21-17(19-20-18(21)26)11-8-14(23-2)16(25-4)15(9-11)24-3/h5-10H,1-4H3,(H,20,26). The second-order valence-corrected chi connectivity index (χ2v) is 5.69. The lowest BCUT2D eigenvalue weighted by molar-refractivity contribution is 0.324. The number of hydrogen-bond donors (Lipinski definition) is 1. The Labute approximate surface area is 156 Å². The van der Waals surface area contributed by atoms with E-state index in [-0.39, 0.29) is 0 Å². The number of hydrogen-bond acceptors (Lipinski definition) is 6. The number of aromatic amines is 1. The molecule has 3 rings (SSSR count). The van der Waals surface area contributed by atoms with Crippen LogP contribution >= 0.6 is 12.2 Å². The van der Waals surface area contributed by atoms with Crippen molar-refractivity contribution in [2.75, 3.05) is 28.4 Å². The van der Waals surface area contributed by atoms with Crippen LogP contribution in [0.1, 0.15) is 0 Å². The van der Waals surface area contributed by atoms with Gasteiger partial charge in [-0.3, -0.25) is 9.67 Å². The molecule has 0 radical (unpaired) electrons. The molecule has 3 aromatic rings. The molecule has 0 aliphatic rings. The minimum atomic E-state index is 0.460. The summed E-state index contributed by atoms with van der Waals surface area (Å²) in [6.45, 7) is 0. The third-order valence-electron chi connectivity index (χ3n) is 3.91. The van der Waals surface area contributed by atoms with Crippen LogP contribution in [0.2, 0.25) is 0 Å². The van der Waals surface area contributed by atoms with Crippen molar-refractivity contribution in [3.05, 3.63) is 41.2 Å². The Morgan fingerprint density at radius 1 is 0.923 bits per heavy atom. The first-order valence-corrected chi connectivity index (χ1v) is 8.16. The van der Waals surface area contributed by atoms with E-state index in [9.17, 15) is 0 Å². The quantitative estimate of drug-likeness (QED) is 0.666. The van der Waals surface area contributed by atoms with E-state index in [1.165, 1.54) is 0 Å². The molecule has 1 heterocycles. The predicted molar refractivity (Wildman–Crippen MR) is 100 cm³/mol. The highest BCUT2D eigenvalue weighted by atomic mass is 32.1. The largest absolute Gasteiger partial charge is 0.497 e. The van der Waals surface area contributed by atoms with Gasteiger partial charge in [-0.2, -0.15) is 5.10 Å². The topological polar surface area (TPSA) is 70.5 Å². The van der Waals surface area contributed by atoms with Gasteiger partial charge in [-0.25, -0.2) is 0 Å². The molecule has 136 valence electrons. The average molecular weight is 373 g/mol. The highest BCUT2D eigenvalue weighted by Crippen LogP contribution is 2.41. The van der Waals surface area contributed by atoms with Crippen molar-refractivity contribution in [3.8, 4) is 40.1 Å².